The summed E-state index contributed by atoms with van der Waals surface area (Å²) in [5.41, 5.74) is 0.718. The molecule has 1 aliphatic heterocycles. The Morgan fingerprint density at radius 3 is 2.00 bits per heavy atom. The molecule has 1 aliphatic rings. The molecule has 0 aromatic heterocycles. The summed E-state index contributed by atoms with van der Waals surface area (Å²) in [6.07, 6.45) is 3.15. The number of hydrogen-bond acceptors (Lipinski definition) is 4. The maximum absolute atomic E-state index is 13.1. The number of anilines is 1. The highest BCUT2D eigenvalue weighted by Gasteiger charge is 2.34. The summed E-state index contributed by atoms with van der Waals surface area (Å²) in [5.74, 6) is -0.0986. The molecule has 0 radical (unpaired) electrons. The number of carbonyl (C=O) groups is 2. The number of rotatable bonds is 4. The molecule has 2 rings (SSSR count). The molecule has 1 heterocycles. The van der Waals surface area contributed by atoms with Gasteiger partial charge in [0.15, 0.2) is 5.78 Å². The Labute approximate surface area is 163 Å². The van der Waals surface area contributed by atoms with E-state index >= 15 is 0 Å². The molecule has 1 aromatic carbocycles. The number of benzene rings is 1. The summed E-state index contributed by atoms with van der Waals surface area (Å²) in [6, 6.07) is 7.08. The SMILES string of the molecule is CC(C)(C)OC(=O)N[C@H](C(=O)c1ccc(N2CCCCC2)cc1)C(C)(C)C. The third-order valence-electron chi connectivity index (χ3n) is 4.66. The van der Waals surface area contributed by atoms with E-state index in [9.17, 15) is 9.59 Å². The number of nitrogens with zero attached hydrogens (tertiary/aromatic N) is 1. The Bertz CT molecular complexity index is 648. The third-order valence-corrected chi connectivity index (χ3v) is 4.66. The summed E-state index contributed by atoms with van der Waals surface area (Å²) < 4.78 is 5.34. The van der Waals surface area contributed by atoms with Crippen LogP contribution >= 0.6 is 0 Å². The summed E-state index contributed by atoms with van der Waals surface area (Å²) in [6.45, 7) is 13.4. The molecule has 0 bridgehead atoms. The first-order valence-electron chi connectivity index (χ1n) is 9.86. The first-order valence-corrected chi connectivity index (χ1v) is 9.86. The highest BCUT2D eigenvalue weighted by atomic mass is 16.6. The molecule has 0 unspecified atom stereocenters. The largest absolute Gasteiger partial charge is 0.444 e. The average molecular weight is 375 g/mol. The molecule has 1 atom stereocenters. The van der Waals surface area contributed by atoms with Crippen LogP contribution in [0.2, 0.25) is 0 Å². The highest BCUT2D eigenvalue weighted by molar-refractivity contribution is 6.02. The number of alkyl carbamates (subject to hydrolysis) is 1. The van der Waals surface area contributed by atoms with E-state index in [-0.39, 0.29) is 5.78 Å². The number of Topliss-reactive ketones (excluding diaryl/α,β-unsaturated/α-hetero) is 1. The predicted molar refractivity (Wildman–Crippen MR) is 109 cm³/mol. The lowest BCUT2D eigenvalue weighted by atomic mass is 9.82. The minimum atomic E-state index is -0.659. The molecule has 0 saturated carbocycles. The van der Waals surface area contributed by atoms with E-state index in [1.807, 2.05) is 45.0 Å². The summed E-state index contributed by atoms with van der Waals surface area (Å²) in [5, 5.41) is 2.77. The average Bonchev–Trinajstić information content (AvgIpc) is 2.57. The van der Waals surface area contributed by atoms with Crippen molar-refractivity contribution in [3.63, 3.8) is 0 Å². The van der Waals surface area contributed by atoms with Gasteiger partial charge >= 0.3 is 6.09 Å². The van der Waals surface area contributed by atoms with E-state index in [1.54, 1.807) is 20.8 Å². The van der Waals surface area contributed by atoms with Gasteiger partial charge < -0.3 is 15.0 Å². The predicted octanol–water partition coefficient (Wildman–Crippen LogP) is 4.80. The first-order chi connectivity index (χ1) is 12.5. The van der Waals surface area contributed by atoms with Gasteiger partial charge in [0.05, 0.1) is 0 Å². The molecule has 27 heavy (non-hydrogen) atoms. The van der Waals surface area contributed by atoms with Crippen LogP contribution in [0.5, 0.6) is 0 Å². The topological polar surface area (TPSA) is 58.6 Å². The minimum absolute atomic E-state index is 0.0986. The molecule has 1 saturated heterocycles. The summed E-state index contributed by atoms with van der Waals surface area (Å²) >= 11 is 0. The van der Waals surface area contributed by atoms with Gasteiger partial charge in [-0.1, -0.05) is 20.8 Å². The number of nitrogens with one attached hydrogen (secondary N) is 1. The highest BCUT2D eigenvalue weighted by Crippen LogP contribution is 2.25. The number of ketones is 1. The minimum Gasteiger partial charge on any atom is -0.444 e. The van der Waals surface area contributed by atoms with Gasteiger partial charge in [0.1, 0.15) is 11.6 Å². The van der Waals surface area contributed by atoms with Gasteiger partial charge in [0.2, 0.25) is 0 Å². The number of amides is 1. The third kappa shape index (κ3) is 6.26. The van der Waals surface area contributed by atoms with Crippen LogP contribution in [-0.2, 0) is 4.74 Å². The smallest absolute Gasteiger partial charge is 0.408 e. The van der Waals surface area contributed by atoms with Crippen molar-refractivity contribution >= 4 is 17.6 Å². The van der Waals surface area contributed by atoms with Gasteiger partial charge in [-0.2, -0.15) is 0 Å². The normalized spacial score (nSPS) is 16.6. The van der Waals surface area contributed by atoms with Gasteiger partial charge in [-0.15, -0.1) is 0 Å². The number of ether oxygens (including phenoxy) is 1. The van der Waals surface area contributed by atoms with Crippen molar-refractivity contribution in [2.24, 2.45) is 5.41 Å². The summed E-state index contributed by atoms with van der Waals surface area (Å²) in [7, 11) is 0. The number of carbonyl (C=O) groups excluding carboxylic acids is 2. The molecular weight excluding hydrogens is 340 g/mol. The Morgan fingerprint density at radius 2 is 1.52 bits per heavy atom. The summed E-state index contributed by atoms with van der Waals surface area (Å²) in [4.78, 5) is 27.7. The van der Waals surface area contributed by atoms with Crippen molar-refractivity contribution in [3.05, 3.63) is 29.8 Å². The van der Waals surface area contributed by atoms with Crippen LogP contribution in [0, 0.1) is 5.41 Å². The lowest BCUT2D eigenvalue weighted by Crippen LogP contribution is -2.50. The maximum Gasteiger partial charge on any atom is 0.408 e. The van der Waals surface area contributed by atoms with Crippen molar-refractivity contribution in [1.82, 2.24) is 5.32 Å². The van der Waals surface area contributed by atoms with Crippen LogP contribution in [0.25, 0.3) is 0 Å². The van der Waals surface area contributed by atoms with Crippen molar-refractivity contribution < 1.29 is 14.3 Å². The van der Waals surface area contributed by atoms with Crippen LogP contribution in [0.3, 0.4) is 0 Å². The number of piperidine rings is 1. The Hall–Kier alpha value is -2.04. The van der Waals surface area contributed by atoms with Gasteiger partial charge in [-0.05, 0) is 69.7 Å². The van der Waals surface area contributed by atoms with Gasteiger partial charge in [-0.25, -0.2) is 4.79 Å². The first kappa shape index (κ1) is 21.3. The Morgan fingerprint density at radius 1 is 0.963 bits per heavy atom. The second-order valence-electron chi connectivity index (χ2n) is 9.40. The standard InChI is InChI=1S/C22H34N2O3/c1-21(2,3)19(23-20(26)27-22(4,5)6)18(25)16-10-12-17(13-11-16)24-14-8-7-9-15-24/h10-13,19H,7-9,14-15H2,1-6H3,(H,23,26)/t19-/m1/s1. The molecule has 0 aliphatic carbocycles. The molecule has 1 amide bonds. The fourth-order valence-corrected chi connectivity index (χ4v) is 3.26. The molecule has 5 heteroatoms. The van der Waals surface area contributed by atoms with Crippen molar-refractivity contribution in [2.75, 3.05) is 18.0 Å². The Balaban J connectivity index is 2.13. The van der Waals surface area contributed by atoms with Gasteiger partial charge in [-0.3, -0.25) is 4.79 Å². The van der Waals surface area contributed by atoms with Gasteiger partial charge in [0, 0.05) is 24.3 Å². The molecule has 1 aromatic rings. The molecule has 5 nitrogen and oxygen atoms in total. The molecule has 1 N–H and O–H groups in total. The van der Waals surface area contributed by atoms with Crippen molar-refractivity contribution in [2.45, 2.75) is 72.4 Å². The van der Waals surface area contributed by atoms with Crippen LogP contribution in [0.15, 0.2) is 24.3 Å². The van der Waals surface area contributed by atoms with Crippen molar-refractivity contribution in [1.29, 1.82) is 0 Å². The zero-order valence-corrected chi connectivity index (χ0v) is 17.6. The number of hydrogen-bond donors (Lipinski definition) is 1. The van der Waals surface area contributed by atoms with Crippen LogP contribution in [0.1, 0.15) is 71.2 Å². The molecular formula is C22H34N2O3. The maximum atomic E-state index is 13.1. The molecule has 150 valence electrons. The van der Waals surface area contributed by atoms with E-state index in [2.05, 4.69) is 10.2 Å². The van der Waals surface area contributed by atoms with E-state index in [0.29, 0.717) is 5.56 Å². The van der Waals surface area contributed by atoms with Crippen LogP contribution < -0.4 is 10.2 Å². The second-order valence-corrected chi connectivity index (χ2v) is 9.40. The van der Waals surface area contributed by atoms with E-state index < -0.39 is 23.2 Å². The van der Waals surface area contributed by atoms with Crippen LogP contribution in [-0.4, -0.2) is 36.6 Å². The van der Waals surface area contributed by atoms with Gasteiger partial charge in [0.25, 0.3) is 0 Å². The second kappa shape index (κ2) is 8.32. The lowest BCUT2D eigenvalue weighted by molar-refractivity contribution is 0.0446. The zero-order valence-electron chi connectivity index (χ0n) is 17.6. The zero-order chi connectivity index (χ0) is 20.2. The van der Waals surface area contributed by atoms with E-state index in [4.69, 9.17) is 4.74 Å². The fourth-order valence-electron chi connectivity index (χ4n) is 3.26. The van der Waals surface area contributed by atoms with E-state index in [0.717, 1.165) is 18.8 Å². The lowest BCUT2D eigenvalue weighted by Gasteiger charge is -2.32. The van der Waals surface area contributed by atoms with Crippen LogP contribution in [0.4, 0.5) is 10.5 Å². The fraction of sp³-hybridized carbons (Fsp3) is 0.636. The quantitative estimate of drug-likeness (QED) is 0.769. The molecule has 0 spiro atoms. The van der Waals surface area contributed by atoms with Crippen molar-refractivity contribution in [3.8, 4) is 0 Å². The monoisotopic (exact) mass is 374 g/mol. The Kier molecular flexibility index (Phi) is 6.55. The molecule has 1 fully saturated rings. The van der Waals surface area contributed by atoms with E-state index in [1.165, 1.54) is 19.3 Å².